The van der Waals surface area contributed by atoms with Crippen molar-refractivity contribution in [2.45, 2.75) is 13.3 Å². The molecule has 0 radical (unpaired) electrons. The number of aryl methyl sites for hydroxylation is 1. The van der Waals surface area contributed by atoms with Crippen LogP contribution >= 0.6 is 0 Å². The van der Waals surface area contributed by atoms with Crippen molar-refractivity contribution >= 4 is 28.9 Å². The zero-order valence-electron chi connectivity index (χ0n) is 15.7. The van der Waals surface area contributed by atoms with E-state index in [1.807, 2.05) is 37.3 Å². The highest BCUT2D eigenvalue weighted by molar-refractivity contribution is 6.04. The lowest BCUT2D eigenvalue weighted by Crippen LogP contribution is -2.15. The van der Waals surface area contributed by atoms with Crippen LogP contribution in [-0.2, 0) is 11.2 Å². The number of hydrogen-bond donors (Lipinski definition) is 2. The Hall–Kier alpha value is -3.67. The zero-order valence-corrected chi connectivity index (χ0v) is 15.7. The second-order valence-corrected chi connectivity index (χ2v) is 6.06. The van der Waals surface area contributed by atoms with Crippen molar-refractivity contribution in [1.82, 2.24) is 4.98 Å². The summed E-state index contributed by atoms with van der Waals surface area (Å²) in [4.78, 5) is 28.7. The van der Waals surface area contributed by atoms with Gasteiger partial charge in [-0.1, -0.05) is 37.3 Å². The maximum atomic E-state index is 12.6. The average molecular weight is 375 g/mol. The van der Waals surface area contributed by atoms with Gasteiger partial charge in [-0.2, -0.15) is 0 Å². The fourth-order valence-electron chi connectivity index (χ4n) is 2.80. The summed E-state index contributed by atoms with van der Waals surface area (Å²) in [5.74, 6) is -0.739. The van der Waals surface area contributed by atoms with Gasteiger partial charge in [-0.05, 0) is 42.3 Å². The van der Waals surface area contributed by atoms with E-state index >= 15 is 0 Å². The molecule has 1 amide bonds. The van der Waals surface area contributed by atoms with Crippen molar-refractivity contribution < 1.29 is 14.3 Å². The molecule has 0 spiro atoms. The molecule has 6 heteroatoms. The van der Waals surface area contributed by atoms with Gasteiger partial charge in [0, 0.05) is 17.6 Å². The molecule has 0 bridgehead atoms. The third-order valence-corrected chi connectivity index (χ3v) is 4.25. The first-order chi connectivity index (χ1) is 13.6. The number of anilines is 3. The first-order valence-electron chi connectivity index (χ1n) is 8.92. The summed E-state index contributed by atoms with van der Waals surface area (Å²) in [7, 11) is 1.34. The van der Waals surface area contributed by atoms with E-state index in [1.165, 1.54) is 7.11 Å². The lowest BCUT2D eigenvalue weighted by Gasteiger charge is -2.12. The number of ether oxygens (including phenoxy) is 1. The Kier molecular flexibility index (Phi) is 6.01. The molecule has 0 fully saturated rings. The van der Waals surface area contributed by atoms with E-state index in [1.54, 1.807) is 36.5 Å². The van der Waals surface area contributed by atoms with Crippen LogP contribution in [-0.4, -0.2) is 24.0 Å². The molecule has 0 atom stereocenters. The van der Waals surface area contributed by atoms with Gasteiger partial charge >= 0.3 is 5.97 Å². The van der Waals surface area contributed by atoms with E-state index < -0.39 is 5.97 Å². The standard InChI is InChI=1S/C22H21N3O3/c1-3-15-8-4-6-10-18(15)25-21(26)20-14-16(12-13-23-20)24-19-11-7-5-9-17(19)22(27)28-2/h4-14H,3H2,1-2H3,(H,23,24)(H,25,26). The Labute approximate surface area is 163 Å². The van der Waals surface area contributed by atoms with Crippen LogP contribution in [0.5, 0.6) is 0 Å². The molecule has 3 aromatic rings. The molecule has 1 heterocycles. The third-order valence-electron chi connectivity index (χ3n) is 4.25. The predicted octanol–water partition coefficient (Wildman–Crippen LogP) is 4.43. The van der Waals surface area contributed by atoms with Gasteiger partial charge in [0.1, 0.15) is 5.69 Å². The van der Waals surface area contributed by atoms with Gasteiger partial charge in [0.05, 0.1) is 18.4 Å². The summed E-state index contributed by atoms with van der Waals surface area (Å²) >= 11 is 0. The lowest BCUT2D eigenvalue weighted by atomic mass is 10.1. The largest absolute Gasteiger partial charge is 0.465 e. The molecule has 28 heavy (non-hydrogen) atoms. The Morgan fingerprint density at radius 1 is 1.00 bits per heavy atom. The van der Waals surface area contributed by atoms with E-state index in [9.17, 15) is 9.59 Å². The first-order valence-corrected chi connectivity index (χ1v) is 8.92. The Morgan fingerprint density at radius 3 is 2.46 bits per heavy atom. The number of carbonyl (C=O) groups is 2. The minimum atomic E-state index is -0.439. The summed E-state index contributed by atoms with van der Waals surface area (Å²) in [5, 5.41) is 6.05. The van der Waals surface area contributed by atoms with E-state index in [0.717, 1.165) is 17.7 Å². The second-order valence-electron chi connectivity index (χ2n) is 6.06. The van der Waals surface area contributed by atoms with Crippen molar-refractivity contribution in [3.8, 4) is 0 Å². The highest BCUT2D eigenvalue weighted by Gasteiger charge is 2.13. The maximum Gasteiger partial charge on any atom is 0.339 e. The molecule has 0 aliphatic rings. The van der Waals surface area contributed by atoms with Gasteiger partial charge in [-0.25, -0.2) is 4.79 Å². The SMILES string of the molecule is CCc1ccccc1NC(=O)c1cc(Nc2ccccc2C(=O)OC)ccn1. The summed E-state index contributed by atoms with van der Waals surface area (Å²) in [6.45, 7) is 2.03. The number of rotatable bonds is 6. The van der Waals surface area contributed by atoms with Gasteiger partial charge in [-0.15, -0.1) is 0 Å². The molecule has 0 aliphatic heterocycles. The number of aromatic nitrogens is 1. The Morgan fingerprint density at radius 2 is 1.71 bits per heavy atom. The maximum absolute atomic E-state index is 12.6. The molecule has 142 valence electrons. The summed E-state index contributed by atoms with van der Waals surface area (Å²) in [6, 6.07) is 18.0. The molecule has 0 unspecified atom stereocenters. The fraction of sp³-hybridized carbons (Fsp3) is 0.136. The predicted molar refractivity (Wildman–Crippen MR) is 109 cm³/mol. The number of esters is 1. The first kappa shape index (κ1) is 19.1. The highest BCUT2D eigenvalue weighted by atomic mass is 16.5. The second kappa shape index (κ2) is 8.81. The number of nitrogens with one attached hydrogen (secondary N) is 2. The van der Waals surface area contributed by atoms with Gasteiger partial charge in [0.2, 0.25) is 0 Å². The number of benzene rings is 2. The number of amides is 1. The van der Waals surface area contributed by atoms with Crippen LogP contribution in [0.15, 0.2) is 66.9 Å². The van der Waals surface area contributed by atoms with E-state index in [-0.39, 0.29) is 11.6 Å². The minimum absolute atomic E-state index is 0.270. The number of hydrogen-bond acceptors (Lipinski definition) is 5. The molecule has 2 aromatic carbocycles. The number of carbonyl (C=O) groups excluding carboxylic acids is 2. The van der Waals surface area contributed by atoms with Gasteiger partial charge < -0.3 is 15.4 Å². The minimum Gasteiger partial charge on any atom is -0.465 e. The monoisotopic (exact) mass is 375 g/mol. The van der Waals surface area contributed by atoms with Crippen LogP contribution in [0.3, 0.4) is 0 Å². The summed E-state index contributed by atoms with van der Waals surface area (Å²) in [6.07, 6.45) is 2.36. The van der Waals surface area contributed by atoms with Gasteiger partial charge in [0.25, 0.3) is 5.91 Å². The lowest BCUT2D eigenvalue weighted by molar-refractivity contribution is 0.0601. The summed E-state index contributed by atoms with van der Waals surface area (Å²) in [5.41, 5.74) is 3.72. The summed E-state index contributed by atoms with van der Waals surface area (Å²) < 4.78 is 4.81. The van der Waals surface area contributed by atoms with Gasteiger partial charge in [-0.3, -0.25) is 9.78 Å². The number of nitrogens with zero attached hydrogens (tertiary/aromatic N) is 1. The van der Waals surface area contributed by atoms with E-state index in [0.29, 0.717) is 16.9 Å². The fourth-order valence-corrected chi connectivity index (χ4v) is 2.80. The van der Waals surface area contributed by atoms with Gasteiger partial charge in [0.15, 0.2) is 0 Å². The quantitative estimate of drug-likeness (QED) is 0.623. The number of pyridine rings is 1. The van der Waals surface area contributed by atoms with Crippen LogP contribution < -0.4 is 10.6 Å². The van der Waals surface area contributed by atoms with Crippen LogP contribution in [0.1, 0.15) is 33.3 Å². The molecular formula is C22H21N3O3. The Balaban J connectivity index is 1.81. The molecular weight excluding hydrogens is 354 g/mol. The van der Waals surface area contributed by atoms with Crippen molar-refractivity contribution in [2.24, 2.45) is 0 Å². The molecule has 1 aromatic heterocycles. The molecule has 0 saturated carbocycles. The molecule has 2 N–H and O–H groups in total. The normalized spacial score (nSPS) is 10.2. The van der Waals surface area contributed by atoms with E-state index in [4.69, 9.17) is 4.74 Å². The number of methoxy groups -OCH3 is 1. The number of para-hydroxylation sites is 2. The van der Waals surface area contributed by atoms with Crippen LogP contribution in [0.25, 0.3) is 0 Å². The van der Waals surface area contributed by atoms with Crippen molar-refractivity contribution in [1.29, 1.82) is 0 Å². The third kappa shape index (κ3) is 4.35. The molecule has 6 nitrogen and oxygen atoms in total. The van der Waals surface area contributed by atoms with Crippen LogP contribution in [0.4, 0.5) is 17.1 Å². The highest BCUT2D eigenvalue weighted by Crippen LogP contribution is 2.22. The Bertz CT molecular complexity index is 1000. The van der Waals surface area contributed by atoms with Crippen molar-refractivity contribution in [2.75, 3.05) is 17.7 Å². The smallest absolute Gasteiger partial charge is 0.339 e. The molecule has 0 aliphatic carbocycles. The average Bonchev–Trinajstić information content (AvgIpc) is 2.74. The van der Waals surface area contributed by atoms with Crippen molar-refractivity contribution in [3.63, 3.8) is 0 Å². The van der Waals surface area contributed by atoms with Crippen molar-refractivity contribution in [3.05, 3.63) is 83.7 Å². The molecule has 0 saturated heterocycles. The molecule has 3 rings (SSSR count). The van der Waals surface area contributed by atoms with Crippen LogP contribution in [0.2, 0.25) is 0 Å². The zero-order chi connectivity index (χ0) is 19.9. The topological polar surface area (TPSA) is 80.3 Å². The van der Waals surface area contributed by atoms with E-state index in [2.05, 4.69) is 15.6 Å². The van der Waals surface area contributed by atoms with Crippen LogP contribution in [0, 0.1) is 0 Å².